The molecule has 3 aromatic rings. The van der Waals surface area contributed by atoms with E-state index in [0.29, 0.717) is 24.1 Å². The molecule has 2 aromatic heterocycles. The second-order valence-corrected chi connectivity index (χ2v) is 4.42. The Morgan fingerprint density at radius 1 is 1.37 bits per heavy atom. The first kappa shape index (κ1) is 11.7. The van der Waals surface area contributed by atoms with Gasteiger partial charge in [-0.3, -0.25) is 4.98 Å². The predicted molar refractivity (Wildman–Crippen MR) is 71.9 cm³/mol. The van der Waals surface area contributed by atoms with Crippen molar-refractivity contribution < 1.29 is 4.42 Å². The summed E-state index contributed by atoms with van der Waals surface area (Å²) >= 11 is 0. The summed E-state index contributed by atoms with van der Waals surface area (Å²) in [6, 6.07) is 5.53. The van der Waals surface area contributed by atoms with E-state index in [1.54, 1.807) is 0 Å². The van der Waals surface area contributed by atoms with E-state index in [9.17, 15) is 4.79 Å². The molecule has 19 heavy (non-hydrogen) atoms. The SMILES string of the molecule is Cc1[nH]c(CCN)nc1-c1ccc2[nH]c(=O)oc2c1. The summed E-state index contributed by atoms with van der Waals surface area (Å²) < 4.78 is 5.06. The first-order valence-electron chi connectivity index (χ1n) is 6.06. The zero-order chi connectivity index (χ0) is 13.4. The van der Waals surface area contributed by atoms with Gasteiger partial charge in [-0.05, 0) is 25.6 Å². The molecule has 0 radical (unpaired) electrons. The van der Waals surface area contributed by atoms with Gasteiger partial charge in [0.05, 0.1) is 11.2 Å². The van der Waals surface area contributed by atoms with E-state index in [0.717, 1.165) is 22.8 Å². The number of nitrogens with zero attached hydrogens (tertiary/aromatic N) is 1. The van der Waals surface area contributed by atoms with Crippen LogP contribution in [0.1, 0.15) is 11.5 Å². The van der Waals surface area contributed by atoms with Gasteiger partial charge in [-0.2, -0.15) is 0 Å². The van der Waals surface area contributed by atoms with Crippen molar-refractivity contribution in [3.05, 3.63) is 40.3 Å². The molecular formula is C13H14N4O2. The highest BCUT2D eigenvalue weighted by atomic mass is 16.4. The third kappa shape index (κ3) is 2.06. The average Bonchev–Trinajstić information content (AvgIpc) is 2.90. The molecule has 0 amide bonds. The van der Waals surface area contributed by atoms with Crippen LogP contribution in [0.3, 0.4) is 0 Å². The Labute approximate surface area is 108 Å². The zero-order valence-corrected chi connectivity index (χ0v) is 10.5. The predicted octanol–water partition coefficient (Wildman–Crippen LogP) is 1.32. The van der Waals surface area contributed by atoms with Gasteiger partial charge in [-0.1, -0.05) is 6.07 Å². The van der Waals surface area contributed by atoms with Crippen LogP contribution in [-0.4, -0.2) is 21.5 Å². The van der Waals surface area contributed by atoms with Crippen molar-refractivity contribution in [1.82, 2.24) is 15.0 Å². The number of aromatic amines is 2. The first-order chi connectivity index (χ1) is 9.17. The average molecular weight is 258 g/mol. The third-order valence-electron chi connectivity index (χ3n) is 3.01. The van der Waals surface area contributed by atoms with E-state index in [-0.39, 0.29) is 0 Å². The van der Waals surface area contributed by atoms with Gasteiger partial charge in [0, 0.05) is 17.7 Å². The van der Waals surface area contributed by atoms with Crippen molar-refractivity contribution in [1.29, 1.82) is 0 Å². The number of fused-ring (bicyclic) bond motifs is 1. The normalized spacial score (nSPS) is 11.3. The van der Waals surface area contributed by atoms with Gasteiger partial charge in [0.25, 0.3) is 0 Å². The van der Waals surface area contributed by atoms with Gasteiger partial charge in [0.15, 0.2) is 5.58 Å². The van der Waals surface area contributed by atoms with E-state index in [1.807, 2.05) is 25.1 Å². The summed E-state index contributed by atoms with van der Waals surface area (Å²) in [5.41, 5.74) is 9.48. The minimum absolute atomic E-state index is 0.449. The summed E-state index contributed by atoms with van der Waals surface area (Å²) in [5.74, 6) is 0.417. The molecule has 2 heterocycles. The Kier molecular flexibility index (Phi) is 2.72. The maximum absolute atomic E-state index is 11.1. The van der Waals surface area contributed by atoms with Crippen LogP contribution in [0.5, 0.6) is 0 Å². The molecule has 0 fully saturated rings. The van der Waals surface area contributed by atoms with Gasteiger partial charge in [0.2, 0.25) is 0 Å². The number of nitrogens with one attached hydrogen (secondary N) is 2. The Hall–Kier alpha value is -2.34. The molecule has 0 unspecified atom stereocenters. The molecule has 0 spiro atoms. The lowest BCUT2D eigenvalue weighted by Crippen LogP contribution is -2.03. The third-order valence-corrected chi connectivity index (χ3v) is 3.01. The smallest absolute Gasteiger partial charge is 0.408 e. The molecule has 0 saturated carbocycles. The van der Waals surface area contributed by atoms with Crippen LogP contribution >= 0.6 is 0 Å². The van der Waals surface area contributed by atoms with Crippen molar-refractivity contribution >= 4 is 11.1 Å². The molecule has 0 aliphatic heterocycles. The number of hydrogen-bond acceptors (Lipinski definition) is 4. The van der Waals surface area contributed by atoms with Crippen LogP contribution in [0, 0.1) is 6.92 Å². The zero-order valence-electron chi connectivity index (χ0n) is 10.5. The van der Waals surface area contributed by atoms with Crippen LogP contribution in [0.2, 0.25) is 0 Å². The highest BCUT2D eigenvalue weighted by Gasteiger charge is 2.10. The molecule has 0 bridgehead atoms. The number of aryl methyl sites for hydroxylation is 1. The van der Waals surface area contributed by atoms with E-state index in [2.05, 4.69) is 15.0 Å². The molecule has 0 saturated heterocycles. The van der Waals surface area contributed by atoms with E-state index in [1.165, 1.54) is 0 Å². The molecule has 6 heteroatoms. The molecular weight excluding hydrogens is 244 g/mol. The summed E-state index contributed by atoms with van der Waals surface area (Å²) in [6.07, 6.45) is 0.711. The summed E-state index contributed by atoms with van der Waals surface area (Å²) in [5, 5.41) is 0. The summed E-state index contributed by atoms with van der Waals surface area (Å²) in [6.45, 7) is 2.51. The second-order valence-electron chi connectivity index (χ2n) is 4.42. The number of imidazole rings is 1. The molecule has 3 rings (SSSR count). The number of oxazole rings is 1. The van der Waals surface area contributed by atoms with Gasteiger partial charge in [-0.25, -0.2) is 9.78 Å². The number of rotatable bonds is 3. The maximum atomic E-state index is 11.1. The Balaban J connectivity index is 2.10. The number of aromatic nitrogens is 3. The van der Waals surface area contributed by atoms with Crippen molar-refractivity contribution in [3.8, 4) is 11.3 Å². The van der Waals surface area contributed by atoms with Gasteiger partial charge < -0.3 is 15.1 Å². The summed E-state index contributed by atoms with van der Waals surface area (Å²) in [7, 11) is 0. The molecule has 0 aliphatic rings. The van der Waals surface area contributed by atoms with Crippen LogP contribution in [0.25, 0.3) is 22.4 Å². The molecule has 0 aliphatic carbocycles. The minimum Gasteiger partial charge on any atom is -0.408 e. The fourth-order valence-electron chi connectivity index (χ4n) is 2.15. The van der Waals surface area contributed by atoms with Crippen LogP contribution < -0.4 is 11.5 Å². The quantitative estimate of drug-likeness (QED) is 0.659. The van der Waals surface area contributed by atoms with Crippen LogP contribution in [0.4, 0.5) is 0 Å². The second kappa shape index (κ2) is 4.40. The van der Waals surface area contributed by atoms with E-state index in [4.69, 9.17) is 10.2 Å². The lowest BCUT2D eigenvalue weighted by atomic mass is 10.1. The molecule has 1 aromatic carbocycles. The van der Waals surface area contributed by atoms with Crippen molar-refractivity contribution in [2.24, 2.45) is 5.73 Å². The van der Waals surface area contributed by atoms with E-state index < -0.39 is 5.76 Å². The monoisotopic (exact) mass is 258 g/mol. The number of H-pyrrole nitrogens is 2. The summed E-state index contributed by atoms with van der Waals surface area (Å²) in [4.78, 5) is 21.5. The van der Waals surface area contributed by atoms with Crippen LogP contribution in [0.15, 0.2) is 27.4 Å². The number of benzene rings is 1. The van der Waals surface area contributed by atoms with Crippen molar-refractivity contribution in [3.63, 3.8) is 0 Å². The first-order valence-corrected chi connectivity index (χ1v) is 6.06. The lowest BCUT2D eigenvalue weighted by Gasteiger charge is -1.97. The highest BCUT2D eigenvalue weighted by molar-refractivity contribution is 5.79. The molecule has 4 N–H and O–H groups in total. The fourth-order valence-corrected chi connectivity index (χ4v) is 2.15. The van der Waals surface area contributed by atoms with E-state index >= 15 is 0 Å². The van der Waals surface area contributed by atoms with Gasteiger partial charge >= 0.3 is 5.76 Å². The minimum atomic E-state index is -0.449. The fraction of sp³-hybridized carbons (Fsp3) is 0.231. The van der Waals surface area contributed by atoms with Gasteiger partial charge in [0.1, 0.15) is 5.82 Å². The lowest BCUT2D eigenvalue weighted by molar-refractivity contribution is 0.555. The Morgan fingerprint density at radius 2 is 2.21 bits per heavy atom. The molecule has 0 atom stereocenters. The Morgan fingerprint density at radius 3 is 3.00 bits per heavy atom. The van der Waals surface area contributed by atoms with Crippen molar-refractivity contribution in [2.75, 3.05) is 6.54 Å². The molecule has 98 valence electrons. The molecule has 6 nitrogen and oxygen atoms in total. The number of hydrogen-bond donors (Lipinski definition) is 3. The Bertz CT molecular complexity index is 781. The standard InChI is InChI=1S/C13H14N4O2/c1-7-12(17-11(15-7)4-5-14)8-2-3-9-10(6-8)19-13(18)16-9/h2-3,6H,4-5,14H2,1H3,(H,15,17)(H,16,18). The topological polar surface area (TPSA) is 101 Å². The number of nitrogens with two attached hydrogens (primary N) is 1. The maximum Gasteiger partial charge on any atom is 0.417 e. The highest BCUT2D eigenvalue weighted by Crippen LogP contribution is 2.24. The largest absolute Gasteiger partial charge is 0.417 e. The van der Waals surface area contributed by atoms with Crippen LogP contribution in [-0.2, 0) is 6.42 Å². The van der Waals surface area contributed by atoms with Crippen molar-refractivity contribution in [2.45, 2.75) is 13.3 Å². The van der Waals surface area contributed by atoms with Gasteiger partial charge in [-0.15, -0.1) is 0 Å².